The highest BCUT2D eigenvalue weighted by Gasteiger charge is 2.17. The summed E-state index contributed by atoms with van der Waals surface area (Å²) in [5.41, 5.74) is 1.46. The van der Waals surface area contributed by atoms with E-state index in [1.54, 1.807) is 12.1 Å². The smallest absolute Gasteiger partial charge is 0.262 e. The Morgan fingerprint density at radius 3 is 2.69 bits per heavy atom. The van der Waals surface area contributed by atoms with Crippen molar-refractivity contribution in [3.8, 4) is 5.75 Å². The number of benzene rings is 2. The molecule has 2 aromatic rings. The molecule has 0 aromatic heterocycles. The molecule has 138 valence electrons. The van der Waals surface area contributed by atoms with E-state index >= 15 is 0 Å². The molecule has 0 radical (unpaired) electrons. The van der Waals surface area contributed by atoms with E-state index in [4.69, 9.17) is 32.7 Å². The molecular weight excluding hydrogens is 382 g/mol. The van der Waals surface area contributed by atoms with Gasteiger partial charge in [-0.3, -0.25) is 4.79 Å². The Balaban J connectivity index is 1.67. The van der Waals surface area contributed by atoms with Crippen molar-refractivity contribution in [3.05, 3.63) is 52.3 Å². The molecule has 1 N–H and O–H groups in total. The van der Waals surface area contributed by atoms with Crippen LogP contribution in [-0.4, -0.2) is 38.8 Å². The average Bonchev–Trinajstić information content (AvgIpc) is 2.62. The second-order valence-corrected chi connectivity index (χ2v) is 6.52. The van der Waals surface area contributed by atoms with Gasteiger partial charge in [0, 0.05) is 18.1 Å². The Morgan fingerprint density at radius 2 is 1.96 bits per heavy atom. The second kappa shape index (κ2) is 8.58. The molecule has 0 atom stereocenters. The average molecular weight is 399 g/mol. The minimum absolute atomic E-state index is 0.106. The van der Waals surface area contributed by atoms with Gasteiger partial charge >= 0.3 is 0 Å². The number of anilines is 2. The summed E-state index contributed by atoms with van der Waals surface area (Å²) >= 11 is 12.0. The molecule has 1 saturated heterocycles. The SMILES string of the molecule is O=C(COc1ccc(F)cc1Cl)Nc1cc(Cl)ccc1N1CCOCC1. The summed E-state index contributed by atoms with van der Waals surface area (Å²) in [4.78, 5) is 14.4. The van der Waals surface area contributed by atoms with Crippen molar-refractivity contribution < 1.29 is 18.7 Å². The summed E-state index contributed by atoms with van der Waals surface area (Å²) in [6.07, 6.45) is 0. The molecule has 8 heteroatoms. The topological polar surface area (TPSA) is 50.8 Å². The van der Waals surface area contributed by atoms with Gasteiger partial charge in [0.1, 0.15) is 11.6 Å². The minimum Gasteiger partial charge on any atom is -0.482 e. The minimum atomic E-state index is -0.471. The van der Waals surface area contributed by atoms with Crippen LogP contribution in [0.3, 0.4) is 0 Å². The fraction of sp³-hybridized carbons (Fsp3) is 0.278. The molecule has 1 heterocycles. The van der Waals surface area contributed by atoms with E-state index in [1.165, 1.54) is 12.1 Å². The van der Waals surface area contributed by atoms with Gasteiger partial charge in [-0.05, 0) is 36.4 Å². The molecule has 0 bridgehead atoms. The number of carbonyl (C=O) groups is 1. The largest absolute Gasteiger partial charge is 0.482 e. The highest BCUT2D eigenvalue weighted by atomic mass is 35.5. The molecule has 26 heavy (non-hydrogen) atoms. The van der Waals surface area contributed by atoms with Gasteiger partial charge in [0.25, 0.3) is 5.91 Å². The van der Waals surface area contributed by atoms with Crippen molar-refractivity contribution in [1.29, 1.82) is 0 Å². The first kappa shape index (κ1) is 18.8. The maximum absolute atomic E-state index is 13.0. The van der Waals surface area contributed by atoms with E-state index in [9.17, 15) is 9.18 Å². The first-order valence-corrected chi connectivity index (χ1v) is 8.78. The highest BCUT2D eigenvalue weighted by molar-refractivity contribution is 6.32. The van der Waals surface area contributed by atoms with E-state index in [0.717, 1.165) is 24.8 Å². The zero-order valence-corrected chi connectivity index (χ0v) is 15.3. The third kappa shape index (κ3) is 4.78. The van der Waals surface area contributed by atoms with E-state index < -0.39 is 5.82 Å². The lowest BCUT2D eigenvalue weighted by Crippen LogP contribution is -2.37. The van der Waals surface area contributed by atoms with Crippen molar-refractivity contribution in [2.75, 3.05) is 43.1 Å². The second-order valence-electron chi connectivity index (χ2n) is 5.67. The fourth-order valence-electron chi connectivity index (χ4n) is 2.61. The van der Waals surface area contributed by atoms with Gasteiger partial charge in [-0.1, -0.05) is 23.2 Å². The Bertz CT molecular complexity index is 798. The zero-order chi connectivity index (χ0) is 18.5. The number of ether oxygens (including phenoxy) is 2. The number of morpholine rings is 1. The van der Waals surface area contributed by atoms with E-state index in [1.807, 2.05) is 6.07 Å². The predicted molar refractivity (Wildman–Crippen MR) is 100 cm³/mol. The maximum Gasteiger partial charge on any atom is 0.262 e. The molecule has 0 saturated carbocycles. The summed E-state index contributed by atoms with van der Waals surface area (Å²) < 4.78 is 23.8. The van der Waals surface area contributed by atoms with Crippen LogP contribution < -0.4 is 15.0 Å². The lowest BCUT2D eigenvalue weighted by atomic mass is 10.2. The Kier molecular flexibility index (Phi) is 6.19. The number of nitrogens with zero attached hydrogens (tertiary/aromatic N) is 1. The molecule has 3 rings (SSSR count). The van der Waals surface area contributed by atoms with Gasteiger partial charge < -0.3 is 19.7 Å². The first-order chi connectivity index (χ1) is 12.5. The number of rotatable bonds is 5. The molecule has 1 amide bonds. The number of halogens is 3. The summed E-state index contributed by atoms with van der Waals surface area (Å²) in [5, 5.41) is 3.42. The van der Waals surface area contributed by atoms with Gasteiger partial charge in [-0.2, -0.15) is 0 Å². The molecule has 0 spiro atoms. The van der Waals surface area contributed by atoms with Crippen LogP contribution in [0.15, 0.2) is 36.4 Å². The maximum atomic E-state index is 13.0. The number of hydrogen-bond donors (Lipinski definition) is 1. The first-order valence-electron chi connectivity index (χ1n) is 8.03. The molecule has 2 aromatic carbocycles. The van der Waals surface area contributed by atoms with Gasteiger partial charge in [0.2, 0.25) is 0 Å². The van der Waals surface area contributed by atoms with Crippen molar-refractivity contribution in [1.82, 2.24) is 0 Å². The van der Waals surface area contributed by atoms with Crippen molar-refractivity contribution in [2.45, 2.75) is 0 Å². The van der Waals surface area contributed by atoms with Crippen LogP contribution in [0.4, 0.5) is 15.8 Å². The third-order valence-corrected chi connectivity index (χ3v) is 4.37. The van der Waals surface area contributed by atoms with E-state index in [2.05, 4.69) is 10.2 Å². The van der Waals surface area contributed by atoms with Crippen LogP contribution in [0, 0.1) is 5.82 Å². The zero-order valence-electron chi connectivity index (χ0n) is 13.8. The lowest BCUT2D eigenvalue weighted by molar-refractivity contribution is -0.118. The van der Waals surface area contributed by atoms with Crippen molar-refractivity contribution in [2.24, 2.45) is 0 Å². The van der Waals surface area contributed by atoms with Gasteiger partial charge in [-0.15, -0.1) is 0 Å². The third-order valence-electron chi connectivity index (χ3n) is 3.84. The Morgan fingerprint density at radius 1 is 1.19 bits per heavy atom. The normalized spacial score (nSPS) is 14.2. The molecule has 1 fully saturated rings. The van der Waals surface area contributed by atoms with Gasteiger partial charge in [0.15, 0.2) is 6.61 Å². The van der Waals surface area contributed by atoms with Gasteiger partial charge in [0.05, 0.1) is 29.6 Å². The quantitative estimate of drug-likeness (QED) is 0.827. The highest BCUT2D eigenvalue weighted by Crippen LogP contribution is 2.30. The number of amides is 1. The van der Waals surface area contributed by atoms with Crippen LogP contribution in [0.2, 0.25) is 10.0 Å². The summed E-state index contributed by atoms with van der Waals surface area (Å²) in [5.74, 6) is -0.606. The Labute approximate surface area is 160 Å². The molecular formula is C18H17Cl2FN2O3. The fourth-order valence-corrected chi connectivity index (χ4v) is 3.00. The van der Waals surface area contributed by atoms with E-state index in [-0.39, 0.29) is 23.3 Å². The standard InChI is InChI=1S/C18H17Cl2FN2O3/c19-12-1-3-16(23-5-7-25-8-6-23)15(9-12)22-18(24)11-26-17-4-2-13(21)10-14(17)20/h1-4,9-10H,5-8,11H2,(H,22,24). The summed E-state index contributed by atoms with van der Waals surface area (Å²) in [6, 6.07) is 9.05. The van der Waals surface area contributed by atoms with Crippen molar-refractivity contribution >= 4 is 40.5 Å². The monoisotopic (exact) mass is 398 g/mol. The van der Waals surface area contributed by atoms with Crippen LogP contribution >= 0.6 is 23.2 Å². The van der Waals surface area contributed by atoms with Crippen LogP contribution in [0.1, 0.15) is 0 Å². The Hall–Kier alpha value is -2.02. The van der Waals surface area contributed by atoms with Crippen LogP contribution in [-0.2, 0) is 9.53 Å². The number of nitrogens with one attached hydrogen (secondary N) is 1. The molecule has 5 nitrogen and oxygen atoms in total. The summed E-state index contributed by atoms with van der Waals surface area (Å²) in [7, 11) is 0. The number of hydrogen-bond acceptors (Lipinski definition) is 4. The van der Waals surface area contributed by atoms with Gasteiger partial charge in [-0.25, -0.2) is 4.39 Å². The summed E-state index contributed by atoms with van der Waals surface area (Å²) in [6.45, 7) is 2.45. The van der Waals surface area contributed by atoms with Crippen LogP contribution in [0.25, 0.3) is 0 Å². The van der Waals surface area contributed by atoms with Crippen LogP contribution in [0.5, 0.6) is 5.75 Å². The molecule has 0 aliphatic carbocycles. The molecule has 1 aliphatic rings. The predicted octanol–water partition coefficient (Wildman–Crippen LogP) is 3.99. The van der Waals surface area contributed by atoms with Crippen molar-refractivity contribution in [3.63, 3.8) is 0 Å². The lowest BCUT2D eigenvalue weighted by Gasteiger charge is -2.30. The number of carbonyl (C=O) groups excluding carboxylic acids is 1. The van der Waals surface area contributed by atoms with E-state index in [0.29, 0.717) is 23.9 Å². The molecule has 1 aliphatic heterocycles. The molecule has 0 unspecified atom stereocenters.